The van der Waals surface area contributed by atoms with E-state index in [2.05, 4.69) is 16.0 Å². The number of anilines is 1. The largest absolute Gasteiger partial charge is 0.445 e. The molecule has 19 heavy (non-hydrogen) atoms. The van der Waals surface area contributed by atoms with Crippen molar-refractivity contribution in [1.82, 2.24) is 10.6 Å². The summed E-state index contributed by atoms with van der Waals surface area (Å²) >= 11 is 0. The number of carbonyl (C=O) groups excluding carboxylic acids is 2. The van der Waals surface area contributed by atoms with Crippen LogP contribution in [0.1, 0.15) is 12.5 Å². The van der Waals surface area contributed by atoms with Gasteiger partial charge in [0.2, 0.25) is 5.91 Å². The maximum absolute atomic E-state index is 11.3. The van der Waals surface area contributed by atoms with Gasteiger partial charge < -0.3 is 20.7 Å². The monoisotopic (exact) mass is 265 g/mol. The second kappa shape index (κ2) is 7.97. The normalized spacial score (nSPS) is 9.58. The molecule has 0 aliphatic heterocycles. The molecule has 3 N–H and O–H groups in total. The van der Waals surface area contributed by atoms with E-state index in [9.17, 15) is 9.59 Å². The van der Waals surface area contributed by atoms with Gasteiger partial charge in [-0.3, -0.25) is 4.79 Å². The Balaban J connectivity index is 2.20. The molecule has 0 atom stereocenters. The third kappa shape index (κ3) is 6.30. The Morgan fingerprint density at radius 1 is 1.11 bits per heavy atom. The number of rotatable bonds is 6. The molecule has 0 saturated heterocycles. The van der Waals surface area contributed by atoms with Crippen LogP contribution in [0.15, 0.2) is 24.3 Å². The Bertz CT molecular complexity index is 418. The van der Waals surface area contributed by atoms with E-state index in [-0.39, 0.29) is 12.5 Å². The van der Waals surface area contributed by atoms with Crippen LogP contribution < -0.4 is 16.0 Å². The highest BCUT2D eigenvalue weighted by atomic mass is 16.5. The number of amides is 2. The summed E-state index contributed by atoms with van der Waals surface area (Å²) in [6.45, 7) is 2.38. The first-order chi connectivity index (χ1) is 9.11. The summed E-state index contributed by atoms with van der Waals surface area (Å²) in [5.74, 6) is -0.125. The fourth-order valence-electron chi connectivity index (χ4n) is 1.37. The molecule has 0 bridgehead atoms. The van der Waals surface area contributed by atoms with E-state index in [1.54, 1.807) is 0 Å². The fraction of sp³-hybridized carbons (Fsp3) is 0.385. The molecule has 2 amide bonds. The zero-order valence-electron chi connectivity index (χ0n) is 11.2. The summed E-state index contributed by atoms with van der Waals surface area (Å²) in [7, 11) is 1.84. The van der Waals surface area contributed by atoms with Gasteiger partial charge in [-0.1, -0.05) is 12.1 Å². The van der Waals surface area contributed by atoms with Gasteiger partial charge in [0.1, 0.15) is 6.61 Å². The van der Waals surface area contributed by atoms with Crippen molar-refractivity contribution < 1.29 is 14.3 Å². The predicted molar refractivity (Wildman–Crippen MR) is 72.9 cm³/mol. The molecule has 0 heterocycles. The molecule has 0 saturated carbocycles. The van der Waals surface area contributed by atoms with Crippen LogP contribution >= 0.6 is 0 Å². The second-order valence-electron chi connectivity index (χ2n) is 3.93. The van der Waals surface area contributed by atoms with Gasteiger partial charge in [-0.25, -0.2) is 4.79 Å². The molecule has 0 aliphatic carbocycles. The Labute approximate surface area is 112 Å². The van der Waals surface area contributed by atoms with E-state index in [1.165, 1.54) is 6.92 Å². The molecule has 0 aliphatic rings. The molecule has 104 valence electrons. The lowest BCUT2D eigenvalue weighted by molar-refractivity contribution is -0.118. The Morgan fingerprint density at radius 3 is 2.32 bits per heavy atom. The van der Waals surface area contributed by atoms with Crippen molar-refractivity contribution in [3.8, 4) is 0 Å². The first-order valence-electron chi connectivity index (χ1n) is 6.03. The van der Waals surface area contributed by atoms with Crippen molar-refractivity contribution >= 4 is 17.7 Å². The minimum Gasteiger partial charge on any atom is -0.445 e. The Morgan fingerprint density at radius 2 is 1.74 bits per heavy atom. The van der Waals surface area contributed by atoms with Crippen molar-refractivity contribution in [2.24, 2.45) is 0 Å². The summed E-state index contributed by atoms with van der Waals surface area (Å²) in [5.41, 5.74) is 1.92. The molecule has 1 aromatic carbocycles. The van der Waals surface area contributed by atoms with Crippen LogP contribution in [-0.4, -0.2) is 32.1 Å². The molecule has 1 aromatic rings. The van der Waals surface area contributed by atoms with Crippen LogP contribution in [-0.2, 0) is 16.1 Å². The number of hydrogen-bond donors (Lipinski definition) is 3. The number of carbonyl (C=O) groups is 2. The first kappa shape index (κ1) is 14.8. The van der Waals surface area contributed by atoms with Gasteiger partial charge >= 0.3 is 6.09 Å². The molecular weight excluding hydrogens is 246 g/mol. The molecule has 0 spiro atoms. The zero-order chi connectivity index (χ0) is 14.1. The third-order valence-electron chi connectivity index (χ3n) is 2.38. The van der Waals surface area contributed by atoms with E-state index in [0.717, 1.165) is 11.3 Å². The zero-order valence-corrected chi connectivity index (χ0v) is 11.2. The highest BCUT2D eigenvalue weighted by Crippen LogP contribution is 2.09. The van der Waals surface area contributed by atoms with Crippen molar-refractivity contribution in [3.63, 3.8) is 0 Å². The highest BCUT2D eigenvalue weighted by Gasteiger charge is 2.02. The topological polar surface area (TPSA) is 79.5 Å². The maximum Gasteiger partial charge on any atom is 0.407 e. The minimum atomic E-state index is -0.497. The first-order valence-corrected chi connectivity index (χ1v) is 6.03. The molecular formula is C13H19N3O3. The highest BCUT2D eigenvalue weighted by molar-refractivity contribution is 5.73. The molecule has 6 nitrogen and oxygen atoms in total. The second-order valence-corrected chi connectivity index (χ2v) is 3.93. The maximum atomic E-state index is 11.3. The van der Waals surface area contributed by atoms with Gasteiger partial charge in [0, 0.05) is 32.7 Å². The molecule has 0 fully saturated rings. The standard InChI is InChI=1S/C13H19N3O3/c1-10(17)15-7-8-16-13(18)19-9-11-3-5-12(14-2)6-4-11/h3-6,14H,7-9H2,1-2H3,(H,15,17)(H,16,18). The fourth-order valence-corrected chi connectivity index (χ4v) is 1.37. The van der Waals surface area contributed by atoms with Crippen LogP contribution in [0.3, 0.4) is 0 Å². The molecule has 0 unspecified atom stereocenters. The van der Waals surface area contributed by atoms with Gasteiger partial charge in [-0.2, -0.15) is 0 Å². The summed E-state index contributed by atoms with van der Waals surface area (Å²) < 4.78 is 5.03. The van der Waals surface area contributed by atoms with Crippen LogP contribution in [0.4, 0.5) is 10.5 Å². The molecule has 0 radical (unpaired) electrons. The van der Waals surface area contributed by atoms with Crippen LogP contribution in [0, 0.1) is 0 Å². The van der Waals surface area contributed by atoms with E-state index < -0.39 is 6.09 Å². The number of alkyl carbamates (subject to hydrolysis) is 1. The van der Waals surface area contributed by atoms with Gasteiger partial charge in [-0.15, -0.1) is 0 Å². The van der Waals surface area contributed by atoms with Crippen LogP contribution in [0.5, 0.6) is 0 Å². The average Bonchev–Trinajstić information content (AvgIpc) is 2.41. The smallest absolute Gasteiger partial charge is 0.407 e. The Hall–Kier alpha value is -2.24. The molecule has 0 aromatic heterocycles. The van der Waals surface area contributed by atoms with Gasteiger partial charge in [-0.05, 0) is 17.7 Å². The van der Waals surface area contributed by atoms with Crippen molar-refractivity contribution in [2.45, 2.75) is 13.5 Å². The number of ether oxygens (including phenoxy) is 1. The van der Waals surface area contributed by atoms with Gasteiger partial charge in [0.25, 0.3) is 0 Å². The lowest BCUT2D eigenvalue weighted by Crippen LogP contribution is -2.33. The minimum absolute atomic E-state index is 0.125. The van der Waals surface area contributed by atoms with Crippen molar-refractivity contribution in [1.29, 1.82) is 0 Å². The summed E-state index contributed by atoms with van der Waals surface area (Å²) in [6.07, 6.45) is -0.497. The quantitative estimate of drug-likeness (QED) is 0.673. The molecule has 1 rings (SSSR count). The summed E-state index contributed by atoms with van der Waals surface area (Å²) in [4.78, 5) is 21.9. The van der Waals surface area contributed by atoms with Gasteiger partial charge in [0.15, 0.2) is 0 Å². The van der Waals surface area contributed by atoms with Crippen LogP contribution in [0.2, 0.25) is 0 Å². The Kier molecular flexibility index (Phi) is 6.21. The summed E-state index contributed by atoms with van der Waals surface area (Å²) in [5, 5.41) is 8.12. The van der Waals surface area contributed by atoms with Crippen molar-refractivity contribution in [3.05, 3.63) is 29.8 Å². The van der Waals surface area contributed by atoms with Crippen molar-refractivity contribution in [2.75, 3.05) is 25.5 Å². The average molecular weight is 265 g/mol. The molecule has 6 heteroatoms. The van der Waals surface area contributed by atoms with E-state index in [4.69, 9.17) is 4.74 Å². The van der Waals surface area contributed by atoms with Gasteiger partial charge in [0.05, 0.1) is 0 Å². The lowest BCUT2D eigenvalue weighted by atomic mass is 10.2. The van der Waals surface area contributed by atoms with E-state index in [1.807, 2.05) is 31.3 Å². The third-order valence-corrected chi connectivity index (χ3v) is 2.38. The predicted octanol–water partition coefficient (Wildman–Crippen LogP) is 1.09. The SMILES string of the molecule is CNc1ccc(COC(=O)NCCNC(C)=O)cc1. The number of hydrogen-bond acceptors (Lipinski definition) is 4. The number of benzene rings is 1. The van der Waals surface area contributed by atoms with Crippen LogP contribution in [0.25, 0.3) is 0 Å². The van der Waals surface area contributed by atoms with E-state index in [0.29, 0.717) is 13.1 Å². The number of nitrogens with one attached hydrogen (secondary N) is 3. The summed E-state index contributed by atoms with van der Waals surface area (Å²) in [6, 6.07) is 7.59. The van der Waals surface area contributed by atoms with E-state index >= 15 is 0 Å². The lowest BCUT2D eigenvalue weighted by Gasteiger charge is -2.08.